The predicted octanol–water partition coefficient (Wildman–Crippen LogP) is 4.26. The van der Waals surface area contributed by atoms with Crippen LogP contribution in [0, 0.1) is 0 Å². The lowest BCUT2D eigenvalue weighted by atomic mass is 10.3. The molecule has 0 saturated carbocycles. The minimum atomic E-state index is -0.798. The molecule has 1 nitrogen and oxygen atoms in total. The first-order chi connectivity index (χ1) is 6.36. The third-order valence-corrected chi connectivity index (χ3v) is 2.12. The van der Waals surface area contributed by atoms with E-state index < -0.39 is 6.86 Å². The number of rotatable bonds is 3. The summed E-state index contributed by atoms with van der Waals surface area (Å²) in [6, 6.07) is 6.87. The Labute approximate surface area is 86.7 Å². The first-order valence-electron chi connectivity index (χ1n) is 3.94. The van der Waals surface area contributed by atoms with E-state index in [2.05, 4.69) is 4.74 Å². The summed E-state index contributed by atoms with van der Waals surface area (Å²) >= 11 is 0. The highest BCUT2D eigenvalue weighted by Crippen LogP contribution is 2.23. The van der Waals surface area contributed by atoms with Crippen LogP contribution in [0.5, 0.6) is 5.75 Å². The van der Waals surface area contributed by atoms with Gasteiger partial charge in [0.15, 0.2) is 0 Å². The first kappa shape index (κ1) is 12.6. The third-order valence-electron chi connectivity index (χ3n) is 1.13. The van der Waals surface area contributed by atoms with Gasteiger partial charge in [-0.3, -0.25) is 0 Å². The lowest BCUT2D eigenvalue weighted by Gasteiger charge is -1.99. The van der Waals surface area contributed by atoms with E-state index in [4.69, 9.17) is 10.7 Å². The molecule has 0 aliphatic rings. The molecule has 0 saturated heterocycles. The predicted molar refractivity (Wildman–Crippen MR) is 56.1 cm³/mol. The summed E-state index contributed by atoms with van der Waals surface area (Å²) in [5.74, 6) is 0.516. The number of ether oxygens (including phenoxy) is 1. The SMILES string of the molecule is CC.FCOc1ccc(SCl)cc1. The highest BCUT2D eigenvalue weighted by atomic mass is 35.7. The van der Waals surface area contributed by atoms with Gasteiger partial charge in [0.2, 0.25) is 6.86 Å². The molecule has 0 unspecified atom stereocenters. The van der Waals surface area contributed by atoms with Gasteiger partial charge in [-0.1, -0.05) is 13.8 Å². The molecule has 0 fully saturated rings. The summed E-state index contributed by atoms with van der Waals surface area (Å²) in [5, 5.41) is 0. The van der Waals surface area contributed by atoms with Crippen molar-refractivity contribution in [3.05, 3.63) is 24.3 Å². The number of hydrogen-bond acceptors (Lipinski definition) is 2. The fourth-order valence-electron chi connectivity index (χ4n) is 0.650. The van der Waals surface area contributed by atoms with Crippen molar-refractivity contribution < 1.29 is 9.13 Å². The van der Waals surface area contributed by atoms with Gasteiger partial charge in [0.1, 0.15) is 5.75 Å². The Morgan fingerprint density at radius 3 is 2.23 bits per heavy atom. The zero-order valence-electron chi connectivity index (χ0n) is 7.59. The van der Waals surface area contributed by atoms with Crippen LogP contribution >= 0.6 is 21.7 Å². The fraction of sp³-hybridized carbons (Fsp3) is 0.333. The van der Waals surface area contributed by atoms with Crippen LogP contribution in [0.25, 0.3) is 0 Å². The Morgan fingerprint density at radius 2 is 1.85 bits per heavy atom. The topological polar surface area (TPSA) is 9.23 Å². The van der Waals surface area contributed by atoms with Crippen LogP contribution in [0.1, 0.15) is 13.8 Å². The average Bonchev–Trinajstić information content (AvgIpc) is 2.23. The normalized spacial score (nSPS) is 8.62. The van der Waals surface area contributed by atoms with Crippen molar-refractivity contribution in [3.8, 4) is 5.75 Å². The quantitative estimate of drug-likeness (QED) is 0.756. The summed E-state index contributed by atoms with van der Waals surface area (Å²) in [4.78, 5) is 0.915. The van der Waals surface area contributed by atoms with E-state index in [0.29, 0.717) is 5.75 Å². The van der Waals surface area contributed by atoms with E-state index in [1.165, 1.54) is 0 Å². The van der Waals surface area contributed by atoms with Crippen LogP contribution in [-0.4, -0.2) is 6.86 Å². The van der Waals surface area contributed by atoms with Crippen molar-refractivity contribution in [3.63, 3.8) is 0 Å². The van der Waals surface area contributed by atoms with Gasteiger partial charge in [0.25, 0.3) is 0 Å². The minimum absolute atomic E-state index is 0.516. The molecule has 0 N–H and O–H groups in total. The Bertz CT molecular complexity index is 215. The third kappa shape index (κ3) is 5.01. The van der Waals surface area contributed by atoms with E-state index in [1.54, 1.807) is 24.3 Å². The molecule has 0 aromatic heterocycles. The lowest BCUT2D eigenvalue weighted by molar-refractivity contribution is 0.191. The van der Waals surface area contributed by atoms with Crippen molar-refractivity contribution in [2.45, 2.75) is 18.7 Å². The molecule has 74 valence electrons. The van der Waals surface area contributed by atoms with Gasteiger partial charge in [-0.2, -0.15) is 0 Å². The summed E-state index contributed by atoms with van der Waals surface area (Å²) in [5.41, 5.74) is 0. The standard InChI is InChI=1S/C7H6ClFOS.C2H6/c8-11-7-3-1-6(2-4-7)10-5-9;1-2/h1-4H,5H2;1-2H3. The van der Waals surface area contributed by atoms with Gasteiger partial charge in [0, 0.05) is 4.90 Å². The van der Waals surface area contributed by atoms with Crippen molar-refractivity contribution in [2.75, 3.05) is 6.86 Å². The zero-order valence-corrected chi connectivity index (χ0v) is 9.16. The summed E-state index contributed by atoms with van der Waals surface area (Å²) in [6.45, 7) is 3.20. The summed E-state index contributed by atoms with van der Waals surface area (Å²) < 4.78 is 16.2. The van der Waals surface area contributed by atoms with Gasteiger partial charge >= 0.3 is 0 Å². The Morgan fingerprint density at radius 1 is 1.31 bits per heavy atom. The van der Waals surface area contributed by atoms with Gasteiger partial charge < -0.3 is 4.74 Å². The number of alkyl halides is 1. The average molecular weight is 223 g/mol. The molecule has 0 spiro atoms. The molecule has 0 aliphatic heterocycles. The molecule has 1 aromatic carbocycles. The van der Waals surface area contributed by atoms with Crippen LogP contribution < -0.4 is 4.74 Å². The summed E-state index contributed by atoms with van der Waals surface area (Å²) in [7, 11) is 6.58. The fourth-order valence-corrected chi connectivity index (χ4v) is 1.20. The van der Waals surface area contributed by atoms with Crippen LogP contribution in [0.3, 0.4) is 0 Å². The molecule has 13 heavy (non-hydrogen) atoms. The first-order valence-corrected chi connectivity index (χ1v) is 5.58. The molecule has 0 amide bonds. The largest absolute Gasteiger partial charge is 0.463 e. The van der Waals surface area contributed by atoms with E-state index in [9.17, 15) is 4.39 Å². The molecule has 0 heterocycles. The molecule has 4 heteroatoms. The van der Waals surface area contributed by atoms with E-state index in [1.807, 2.05) is 13.8 Å². The smallest absolute Gasteiger partial charge is 0.228 e. The van der Waals surface area contributed by atoms with Crippen molar-refractivity contribution in [2.24, 2.45) is 0 Å². The van der Waals surface area contributed by atoms with Gasteiger partial charge in [-0.15, -0.1) is 0 Å². The maximum absolute atomic E-state index is 11.6. The molecule has 0 radical (unpaired) electrons. The number of halogens is 2. The molecular formula is C9H12ClFOS. The highest BCUT2D eigenvalue weighted by molar-refractivity contribution is 8.21. The molecule has 0 aliphatic carbocycles. The lowest BCUT2D eigenvalue weighted by Crippen LogP contribution is -1.88. The van der Waals surface area contributed by atoms with Crippen molar-refractivity contribution >= 4 is 21.7 Å². The van der Waals surface area contributed by atoms with E-state index in [-0.39, 0.29) is 0 Å². The van der Waals surface area contributed by atoms with E-state index in [0.717, 1.165) is 15.9 Å². The van der Waals surface area contributed by atoms with Gasteiger partial charge in [-0.25, -0.2) is 4.39 Å². The minimum Gasteiger partial charge on any atom is -0.463 e. The zero-order chi connectivity index (χ0) is 10.1. The maximum atomic E-state index is 11.6. The maximum Gasteiger partial charge on any atom is 0.228 e. The van der Waals surface area contributed by atoms with Gasteiger partial charge in [0.05, 0.1) is 0 Å². The Kier molecular flexibility index (Phi) is 7.94. The Balaban J connectivity index is 0.000000671. The van der Waals surface area contributed by atoms with Crippen LogP contribution in [0.15, 0.2) is 29.2 Å². The Hall–Kier alpha value is -0.410. The van der Waals surface area contributed by atoms with Crippen LogP contribution in [-0.2, 0) is 0 Å². The van der Waals surface area contributed by atoms with Crippen molar-refractivity contribution in [1.29, 1.82) is 0 Å². The van der Waals surface area contributed by atoms with Crippen LogP contribution in [0.4, 0.5) is 4.39 Å². The molecular weight excluding hydrogens is 211 g/mol. The molecule has 1 rings (SSSR count). The molecule has 0 bridgehead atoms. The van der Waals surface area contributed by atoms with E-state index >= 15 is 0 Å². The second-order valence-electron chi connectivity index (χ2n) is 1.80. The second-order valence-corrected chi connectivity index (χ2v) is 2.89. The number of benzene rings is 1. The van der Waals surface area contributed by atoms with Gasteiger partial charge in [-0.05, 0) is 45.9 Å². The number of hydrogen-bond donors (Lipinski definition) is 0. The van der Waals surface area contributed by atoms with Crippen molar-refractivity contribution in [1.82, 2.24) is 0 Å². The summed E-state index contributed by atoms with van der Waals surface area (Å²) in [6.07, 6.45) is 0. The van der Waals surface area contributed by atoms with Crippen LogP contribution in [0.2, 0.25) is 0 Å². The molecule has 1 aromatic rings. The highest BCUT2D eigenvalue weighted by Gasteiger charge is 1.93. The monoisotopic (exact) mass is 222 g/mol. The second kappa shape index (κ2) is 8.20. The molecule has 0 atom stereocenters.